The molecule has 0 aliphatic carbocycles. The highest BCUT2D eigenvalue weighted by Crippen LogP contribution is 2.41. The molecule has 2 heterocycles. The molecule has 86 valence electrons. The molecule has 1 atom stereocenters. The Hall–Kier alpha value is -0.380. The minimum atomic E-state index is 0.517. The van der Waals surface area contributed by atoms with Crippen LogP contribution >= 0.6 is 15.9 Å². The van der Waals surface area contributed by atoms with Crippen LogP contribution < -0.4 is 0 Å². The molecule has 2 fully saturated rings. The standard InChI is InChI=1S/C13H16BrNO/c1-10(11-2-4-12(14)5-3-11)15-6-13(7-15)8-16-9-13/h2-5,10H,6-9H2,1H3/t10-/m1/s1. The van der Waals surface area contributed by atoms with Gasteiger partial charge in [0.15, 0.2) is 0 Å². The first-order valence-electron chi connectivity index (χ1n) is 5.76. The molecule has 2 aliphatic rings. The number of likely N-dealkylation sites (tertiary alicyclic amines) is 1. The van der Waals surface area contributed by atoms with E-state index in [0.717, 1.165) is 17.7 Å². The lowest BCUT2D eigenvalue weighted by molar-refractivity contribution is -0.197. The van der Waals surface area contributed by atoms with E-state index in [0.29, 0.717) is 11.5 Å². The molecule has 16 heavy (non-hydrogen) atoms. The molecule has 0 radical (unpaired) electrons. The molecule has 0 amide bonds. The zero-order valence-electron chi connectivity index (χ0n) is 9.45. The maximum Gasteiger partial charge on any atom is 0.0569 e. The van der Waals surface area contributed by atoms with Gasteiger partial charge in [0.25, 0.3) is 0 Å². The predicted octanol–water partition coefficient (Wildman–Crippen LogP) is 2.84. The summed E-state index contributed by atoms with van der Waals surface area (Å²) in [6, 6.07) is 9.18. The quantitative estimate of drug-likeness (QED) is 0.827. The van der Waals surface area contributed by atoms with Crippen LogP contribution in [0.25, 0.3) is 0 Å². The Bertz CT molecular complexity index is 377. The molecule has 0 unspecified atom stereocenters. The highest BCUT2D eigenvalue weighted by Gasteiger charge is 2.50. The average Bonchev–Trinajstić information content (AvgIpc) is 2.14. The maximum atomic E-state index is 5.30. The first-order chi connectivity index (χ1) is 7.69. The predicted molar refractivity (Wildman–Crippen MR) is 67.4 cm³/mol. The zero-order chi connectivity index (χ0) is 11.2. The number of nitrogens with zero attached hydrogens (tertiary/aromatic N) is 1. The Kier molecular flexibility index (Phi) is 2.57. The van der Waals surface area contributed by atoms with Gasteiger partial charge in [0, 0.05) is 29.0 Å². The number of rotatable bonds is 2. The van der Waals surface area contributed by atoms with Gasteiger partial charge in [0.2, 0.25) is 0 Å². The average molecular weight is 282 g/mol. The zero-order valence-corrected chi connectivity index (χ0v) is 11.0. The SMILES string of the molecule is C[C@H](c1ccc(Br)cc1)N1CC2(COC2)C1. The summed E-state index contributed by atoms with van der Waals surface area (Å²) >= 11 is 3.47. The van der Waals surface area contributed by atoms with Gasteiger partial charge >= 0.3 is 0 Å². The third-order valence-corrected chi connectivity index (χ3v) is 4.32. The largest absolute Gasteiger partial charge is 0.380 e. The van der Waals surface area contributed by atoms with Crippen molar-refractivity contribution < 1.29 is 4.74 Å². The maximum absolute atomic E-state index is 5.30. The molecule has 1 spiro atoms. The summed E-state index contributed by atoms with van der Waals surface area (Å²) in [5, 5.41) is 0. The van der Waals surface area contributed by atoms with E-state index >= 15 is 0 Å². The molecule has 0 saturated carbocycles. The van der Waals surface area contributed by atoms with Gasteiger partial charge in [-0.05, 0) is 24.6 Å². The van der Waals surface area contributed by atoms with Crippen LogP contribution in [0.1, 0.15) is 18.5 Å². The van der Waals surface area contributed by atoms with Gasteiger partial charge in [0.1, 0.15) is 0 Å². The molecule has 3 heteroatoms. The van der Waals surface area contributed by atoms with Crippen molar-refractivity contribution in [2.24, 2.45) is 5.41 Å². The van der Waals surface area contributed by atoms with Crippen LogP contribution in [0.15, 0.2) is 28.7 Å². The van der Waals surface area contributed by atoms with Crippen molar-refractivity contribution in [3.05, 3.63) is 34.3 Å². The van der Waals surface area contributed by atoms with E-state index in [9.17, 15) is 0 Å². The third-order valence-electron chi connectivity index (χ3n) is 3.79. The van der Waals surface area contributed by atoms with Crippen molar-refractivity contribution in [1.82, 2.24) is 4.90 Å². The molecule has 2 nitrogen and oxygen atoms in total. The summed E-state index contributed by atoms with van der Waals surface area (Å²) < 4.78 is 6.45. The van der Waals surface area contributed by atoms with Crippen molar-refractivity contribution in [2.45, 2.75) is 13.0 Å². The van der Waals surface area contributed by atoms with Crippen molar-refractivity contribution >= 4 is 15.9 Å². The second kappa shape index (κ2) is 3.83. The second-order valence-electron chi connectivity index (χ2n) is 5.13. The van der Waals surface area contributed by atoms with E-state index < -0.39 is 0 Å². The van der Waals surface area contributed by atoms with E-state index in [1.807, 2.05) is 0 Å². The molecule has 2 aliphatic heterocycles. The van der Waals surface area contributed by atoms with Gasteiger partial charge in [-0.1, -0.05) is 28.1 Å². The van der Waals surface area contributed by atoms with Crippen LogP contribution in [-0.2, 0) is 4.74 Å². The van der Waals surface area contributed by atoms with Crippen molar-refractivity contribution in [3.63, 3.8) is 0 Å². The third kappa shape index (κ3) is 1.71. The van der Waals surface area contributed by atoms with Crippen molar-refractivity contribution in [2.75, 3.05) is 26.3 Å². The minimum absolute atomic E-state index is 0.517. The molecule has 0 aromatic heterocycles. The van der Waals surface area contributed by atoms with Crippen LogP contribution in [0.5, 0.6) is 0 Å². The Morgan fingerprint density at radius 2 is 1.88 bits per heavy atom. The summed E-state index contributed by atoms with van der Waals surface area (Å²) in [4.78, 5) is 2.53. The van der Waals surface area contributed by atoms with Gasteiger partial charge in [0.05, 0.1) is 13.2 Å². The van der Waals surface area contributed by atoms with Gasteiger partial charge in [-0.3, -0.25) is 4.90 Å². The Morgan fingerprint density at radius 1 is 1.25 bits per heavy atom. The smallest absolute Gasteiger partial charge is 0.0569 e. The monoisotopic (exact) mass is 281 g/mol. The number of halogens is 1. The van der Waals surface area contributed by atoms with E-state index in [4.69, 9.17) is 4.74 Å². The fourth-order valence-corrected chi connectivity index (χ4v) is 2.88. The summed E-state index contributed by atoms with van der Waals surface area (Å²) in [5.74, 6) is 0. The summed E-state index contributed by atoms with van der Waals surface area (Å²) in [5.41, 5.74) is 1.92. The lowest BCUT2D eigenvalue weighted by atomic mass is 9.77. The number of hydrogen-bond donors (Lipinski definition) is 0. The van der Waals surface area contributed by atoms with Crippen LogP contribution in [0.3, 0.4) is 0 Å². The van der Waals surface area contributed by atoms with E-state index in [2.05, 4.69) is 52.0 Å². The Morgan fingerprint density at radius 3 is 2.38 bits per heavy atom. The Balaban J connectivity index is 1.65. The van der Waals surface area contributed by atoms with Gasteiger partial charge in [-0.15, -0.1) is 0 Å². The number of benzene rings is 1. The molecule has 2 saturated heterocycles. The molecule has 0 bridgehead atoms. The fourth-order valence-electron chi connectivity index (χ4n) is 2.61. The topological polar surface area (TPSA) is 12.5 Å². The number of ether oxygens (including phenoxy) is 1. The lowest BCUT2D eigenvalue weighted by Crippen LogP contribution is -2.66. The fraction of sp³-hybridized carbons (Fsp3) is 0.538. The van der Waals surface area contributed by atoms with E-state index in [-0.39, 0.29) is 0 Å². The molecular formula is C13H16BrNO. The number of hydrogen-bond acceptors (Lipinski definition) is 2. The Labute approximate surface area is 105 Å². The van der Waals surface area contributed by atoms with Gasteiger partial charge in [-0.25, -0.2) is 0 Å². The van der Waals surface area contributed by atoms with Gasteiger partial charge in [-0.2, -0.15) is 0 Å². The molecular weight excluding hydrogens is 266 g/mol. The van der Waals surface area contributed by atoms with Gasteiger partial charge < -0.3 is 4.74 Å². The summed E-state index contributed by atoms with van der Waals surface area (Å²) in [7, 11) is 0. The van der Waals surface area contributed by atoms with Crippen LogP contribution in [-0.4, -0.2) is 31.2 Å². The minimum Gasteiger partial charge on any atom is -0.380 e. The van der Waals surface area contributed by atoms with Crippen molar-refractivity contribution in [3.8, 4) is 0 Å². The molecule has 1 aromatic rings. The van der Waals surface area contributed by atoms with Crippen LogP contribution in [0.4, 0.5) is 0 Å². The first kappa shape index (κ1) is 10.8. The van der Waals surface area contributed by atoms with Crippen LogP contribution in [0, 0.1) is 5.41 Å². The summed E-state index contributed by atoms with van der Waals surface area (Å²) in [6.45, 7) is 6.62. The molecule has 0 N–H and O–H groups in total. The highest BCUT2D eigenvalue weighted by atomic mass is 79.9. The van der Waals surface area contributed by atoms with Crippen LogP contribution in [0.2, 0.25) is 0 Å². The first-order valence-corrected chi connectivity index (χ1v) is 6.55. The second-order valence-corrected chi connectivity index (χ2v) is 6.04. The lowest BCUT2D eigenvalue weighted by Gasteiger charge is -2.57. The molecule has 1 aromatic carbocycles. The van der Waals surface area contributed by atoms with E-state index in [1.165, 1.54) is 18.7 Å². The highest BCUT2D eigenvalue weighted by molar-refractivity contribution is 9.10. The molecule has 3 rings (SSSR count). The van der Waals surface area contributed by atoms with E-state index in [1.54, 1.807) is 0 Å². The van der Waals surface area contributed by atoms with Crippen molar-refractivity contribution in [1.29, 1.82) is 0 Å². The normalized spacial score (nSPS) is 24.9. The summed E-state index contributed by atoms with van der Waals surface area (Å²) in [6.07, 6.45) is 0.